The van der Waals surface area contributed by atoms with Crippen LogP contribution in [-0.2, 0) is 13.1 Å². The van der Waals surface area contributed by atoms with E-state index in [-0.39, 0.29) is 11.7 Å². The number of aromatic nitrogens is 4. The molecule has 0 spiro atoms. The molecule has 3 aromatic rings. The summed E-state index contributed by atoms with van der Waals surface area (Å²) in [6.45, 7) is 3.08. The maximum absolute atomic E-state index is 13.2. The van der Waals surface area contributed by atoms with Crippen LogP contribution in [0.2, 0.25) is 0 Å². The van der Waals surface area contributed by atoms with E-state index in [0.717, 1.165) is 5.56 Å². The smallest absolute Gasteiger partial charge is 0.277 e. The maximum Gasteiger partial charge on any atom is 0.277 e. The number of benzene rings is 1. The van der Waals surface area contributed by atoms with Crippen LogP contribution in [0.3, 0.4) is 0 Å². The minimum atomic E-state index is -0.312. The van der Waals surface area contributed by atoms with Gasteiger partial charge in [0.25, 0.3) is 5.91 Å². The Labute approximate surface area is 132 Å². The fourth-order valence-electron chi connectivity index (χ4n) is 2.18. The van der Waals surface area contributed by atoms with Gasteiger partial charge < -0.3 is 5.32 Å². The van der Waals surface area contributed by atoms with Crippen LogP contribution in [0.4, 0.5) is 10.2 Å². The van der Waals surface area contributed by atoms with E-state index in [4.69, 9.17) is 0 Å². The van der Waals surface area contributed by atoms with Gasteiger partial charge in [-0.3, -0.25) is 14.2 Å². The summed E-state index contributed by atoms with van der Waals surface area (Å²) in [4.78, 5) is 12.1. The van der Waals surface area contributed by atoms with Crippen molar-refractivity contribution in [3.8, 4) is 0 Å². The summed E-state index contributed by atoms with van der Waals surface area (Å²) in [5.74, 6) is -0.166. The highest BCUT2D eigenvalue weighted by atomic mass is 19.1. The molecule has 1 amide bonds. The Kier molecular flexibility index (Phi) is 4.18. The third-order valence-corrected chi connectivity index (χ3v) is 3.31. The summed E-state index contributed by atoms with van der Waals surface area (Å²) in [5, 5.41) is 11.1. The first-order valence-electron chi connectivity index (χ1n) is 7.27. The minimum absolute atomic E-state index is 0.283. The van der Waals surface area contributed by atoms with Crippen LogP contribution in [0.25, 0.3) is 0 Å². The van der Waals surface area contributed by atoms with E-state index in [1.807, 2.05) is 13.0 Å². The number of halogens is 1. The molecule has 6 nitrogen and oxygen atoms in total. The topological polar surface area (TPSA) is 64.7 Å². The predicted octanol–water partition coefficient (Wildman–Crippen LogP) is 2.54. The number of rotatable bonds is 5. The molecule has 1 N–H and O–H groups in total. The second-order valence-electron chi connectivity index (χ2n) is 5.04. The summed E-state index contributed by atoms with van der Waals surface area (Å²) in [6.07, 6.45) is 3.47. The average Bonchev–Trinajstić information content (AvgIpc) is 3.16. The lowest BCUT2D eigenvalue weighted by molar-refractivity contribution is 0.102. The monoisotopic (exact) mass is 313 g/mol. The molecule has 0 saturated heterocycles. The Hall–Kier alpha value is -2.96. The first-order valence-corrected chi connectivity index (χ1v) is 7.27. The van der Waals surface area contributed by atoms with Crippen LogP contribution >= 0.6 is 0 Å². The number of aryl methyl sites for hydroxylation is 1. The molecule has 0 aliphatic carbocycles. The molecule has 0 bridgehead atoms. The zero-order chi connectivity index (χ0) is 16.2. The summed E-state index contributed by atoms with van der Waals surface area (Å²) in [6, 6.07) is 9.67. The number of carbonyl (C=O) groups is 1. The van der Waals surface area contributed by atoms with Crippen LogP contribution in [0.1, 0.15) is 23.0 Å². The lowest BCUT2D eigenvalue weighted by Gasteiger charge is -2.02. The first kappa shape index (κ1) is 15.0. The van der Waals surface area contributed by atoms with Crippen molar-refractivity contribution in [2.75, 3.05) is 5.32 Å². The van der Waals surface area contributed by atoms with Gasteiger partial charge in [-0.05, 0) is 30.7 Å². The van der Waals surface area contributed by atoms with Gasteiger partial charge in [0, 0.05) is 25.0 Å². The van der Waals surface area contributed by atoms with E-state index < -0.39 is 0 Å². The molecule has 0 radical (unpaired) electrons. The molecule has 7 heteroatoms. The molecule has 0 fully saturated rings. The van der Waals surface area contributed by atoms with Crippen molar-refractivity contribution in [3.05, 3.63) is 65.9 Å². The molecule has 23 heavy (non-hydrogen) atoms. The van der Waals surface area contributed by atoms with E-state index in [1.54, 1.807) is 40.0 Å². The van der Waals surface area contributed by atoms with Crippen molar-refractivity contribution < 1.29 is 9.18 Å². The van der Waals surface area contributed by atoms with Crippen molar-refractivity contribution >= 4 is 11.7 Å². The second kappa shape index (κ2) is 6.43. The van der Waals surface area contributed by atoms with Crippen molar-refractivity contribution in [3.63, 3.8) is 0 Å². The maximum atomic E-state index is 13.2. The average molecular weight is 313 g/mol. The Morgan fingerprint density at radius 2 is 2.00 bits per heavy atom. The molecule has 1 aromatic carbocycles. The highest BCUT2D eigenvalue weighted by Gasteiger charge is 2.11. The van der Waals surface area contributed by atoms with E-state index in [1.165, 1.54) is 12.1 Å². The van der Waals surface area contributed by atoms with Gasteiger partial charge in [0.2, 0.25) is 0 Å². The lowest BCUT2D eigenvalue weighted by Crippen LogP contribution is -2.14. The van der Waals surface area contributed by atoms with E-state index >= 15 is 0 Å². The molecule has 0 atom stereocenters. The van der Waals surface area contributed by atoms with Gasteiger partial charge in [-0.1, -0.05) is 12.1 Å². The fourth-order valence-corrected chi connectivity index (χ4v) is 2.18. The number of hydrogen-bond acceptors (Lipinski definition) is 3. The van der Waals surface area contributed by atoms with Gasteiger partial charge in [0.1, 0.15) is 5.82 Å². The Morgan fingerprint density at radius 1 is 1.17 bits per heavy atom. The van der Waals surface area contributed by atoms with Gasteiger partial charge in [-0.15, -0.1) is 0 Å². The number of nitrogens with zero attached hydrogens (tertiary/aromatic N) is 4. The van der Waals surface area contributed by atoms with Crippen molar-refractivity contribution in [1.82, 2.24) is 19.6 Å². The van der Waals surface area contributed by atoms with Crippen molar-refractivity contribution in [1.29, 1.82) is 0 Å². The van der Waals surface area contributed by atoms with Crippen LogP contribution in [-0.4, -0.2) is 25.5 Å². The fraction of sp³-hybridized carbons (Fsp3) is 0.188. The van der Waals surface area contributed by atoms with E-state index in [9.17, 15) is 9.18 Å². The molecule has 0 aliphatic heterocycles. The number of hydrogen-bond donors (Lipinski definition) is 1. The molecule has 0 saturated carbocycles. The van der Waals surface area contributed by atoms with Crippen LogP contribution in [0.5, 0.6) is 0 Å². The molecule has 118 valence electrons. The largest absolute Gasteiger partial charge is 0.304 e. The summed E-state index contributed by atoms with van der Waals surface area (Å²) < 4.78 is 16.5. The van der Waals surface area contributed by atoms with Crippen molar-refractivity contribution in [2.45, 2.75) is 20.0 Å². The zero-order valence-electron chi connectivity index (χ0n) is 12.6. The van der Waals surface area contributed by atoms with Gasteiger partial charge in [-0.2, -0.15) is 10.2 Å². The third-order valence-electron chi connectivity index (χ3n) is 3.31. The highest BCUT2D eigenvalue weighted by Crippen LogP contribution is 2.09. The van der Waals surface area contributed by atoms with Gasteiger partial charge in [0.15, 0.2) is 11.5 Å². The quantitative estimate of drug-likeness (QED) is 0.787. The Morgan fingerprint density at radius 3 is 2.74 bits per heavy atom. The number of nitrogens with one attached hydrogen (secondary N) is 1. The standard InChI is InChI=1S/C16H16FN5O/c1-2-21-8-6-14(19-21)16(23)18-15-7-9-22(20-15)11-12-4-3-5-13(17)10-12/h3-10H,2,11H2,1H3,(H,18,20,23). The van der Waals surface area contributed by atoms with E-state index in [2.05, 4.69) is 15.5 Å². The minimum Gasteiger partial charge on any atom is -0.304 e. The highest BCUT2D eigenvalue weighted by molar-refractivity contribution is 6.02. The molecular formula is C16H16FN5O. The van der Waals surface area contributed by atoms with Crippen molar-refractivity contribution in [2.24, 2.45) is 0 Å². The Balaban J connectivity index is 1.66. The third kappa shape index (κ3) is 3.63. The molecule has 3 rings (SSSR count). The van der Waals surface area contributed by atoms with Gasteiger partial charge in [0.05, 0.1) is 6.54 Å². The first-order chi connectivity index (χ1) is 11.1. The predicted molar refractivity (Wildman–Crippen MR) is 83.6 cm³/mol. The molecule has 0 aliphatic rings. The van der Waals surface area contributed by atoms with Crippen LogP contribution in [0.15, 0.2) is 48.8 Å². The zero-order valence-corrected chi connectivity index (χ0v) is 12.6. The molecular weight excluding hydrogens is 297 g/mol. The van der Waals surface area contributed by atoms with Gasteiger partial charge in [-0.25, -0.2) is 4.39 Å². The lowest BCUT2D eigenvalue weighted by atomic mass is 10.2. The van der Waals surface area contributed by atoms with Gasteiger partial charge >= 0.3 is 0 Å². The van der Waals surface area contributed by atoms with Crippen LogP contribution in [0, 0.1) is 5.82 Å². The molecule has 0 unspecified atom stereocenters. The normalized spacial score (nSPS) is 10.7. The SMILES string of the molecule is CCn1ccc(C(=O)Nc2ccn(Cc3cccc(F)c3)n2)n1. The van der Waals surface area contributed by atoms with E-state index in [0.29, 0.717) is 24.6 Å². The number of anilines is 1. The molecule has 2 aromatic heterocycles. The Bertz CT molecular complexity index is 823. The number of amides is 1. The summed E-state index contributed by atoms with van der Waals surface area (Å²) in [7, 11) is 0. The van der Waals surface area contributed by atoms with Crippen LogP contribution < -0.4 is 5.32 Å². The number of carbonyl (C=O) groups excluding carboxylic acids is 1. The second-order valence-corrected chi connectivity index (χ2v) is 5.04. The molecule has 2 heterocycles. The summed E-state index contributed by atoms with van der Waals surface area (Å²) in [5.41, 5.74) is 1.14. The summed E-state index contributed by atoms with van der Waals surface area (Å²) >= 11 is 0.